The summed E-state index contributed by atoms with van der Waals surface area (Å²) in [5, 5.41) is 3.45. The number of benzene rings is 1. The van der Waals surface area contributed by atoms with Crippen LogP contribution >= 0.6 is 0 Å². The molecule has 0 amide bonds. The monoisotopic (exact) mass is 240 g/mol. The van der Waals surface area contributed by atoms with Crippen LogP contribution in [0.3, 0.4) is 0 Å². The standard InChI is InChI=1S/C16H18N2.H2/c1-13-6-9-18(10-7-13)12-14-4-5-16-15(11-14)3-2-8-17-16;/h4-7,9-11,17H,1-3,8,12H2;1H. The van der Waals surface area contributed by atoms with E-state index in [1.165, 1.54) is 29.7 Å². The van der Waals surface area contributed by atoms with Gasteiger partial charge in [0.1, 0.15) is 0 Å². The van der Waals surface area contributed by atoms with Crippen LogP contribution in [0.1, 0.15) is 19.0 Å². The summed E-state index contributed by atoms with van der Waals surface area (Å²) in [5.74, 6) is 0. The predicted molar refractivity (Wildman–Crippen MR) is 78.3 cm³/mol. The van der Waals surface area contributed by atoms with Gasteiger partial charge in [-0.2, -0.15) is 0 Å². The highest BCUT2D eigenvalue weighted by molar-refractivity contribution is 5.54. The van der Waals surface area contributed by atoms with Gasteiger partial charge in [0.05, 0.1) is 0 Å². The molecule has 94 valence electrons. The van der Waals surface area contributed by atoms with Crippen molar-refractivity contribution in [3.05, 3.63) is 66.0 Å². The third-order valence-corrected chi connectivity index (χ3v) is 3.43. The van der Waals surface area contributed by atoms with Gasteiger partial charge in [0.2, 0.25) is 0 Å². The van der Waals surface area contributed by atoms with Gasteiger partial charge in [0, 0.05) is 32.6 Å². The van der Waals surface area contributed by atoms with Crippen LogP contribution < -0.4 is 5.32 Å². The van der Waals surface area contributed by atoms with Gasteiger partial charge in [-0.05, 0) is 47.8 Å². The summed E-state index contributed by atoms with van der Waals surface area (Å²) in [6, 6.07) is 6.75. The SMILES string of the molecule is C=C1C=CN(Cc2ccc3c(c2)CCCN3)C=C1.[HH]. The quantitative estimate of drug-likeness (QED) is 0.848. The van der Waals surface area contributed by atoms with E-state index in [1.807, 2.05) is 12.2 Å². The van der Waals surface area contributed by atoms with Gasteiger partial charge < -0.3 is 10.2 Å². The van der Waals surface area contributed by atoms with Gasteiger partial charge in [-0.25, -0.2) is 0 Å². The van der Waals surface area contributed by atoms with Gasteiger partial charge in [-0.1, -0.05) is 18.7 Å². The molecule has 2 heteroatoms. The van der Waals surface area contributed by atoms with E-state index < -0.39 is 0 Å². The van der Waals surface area contributed by atoms with Crippen molar-refractivity contribution in [2.45, 2.75) is 19.4 Å². The molecule has 0 fully saturated rings. The van der Waals surface area contributed by atoms with Crippen LogP contribution in [0.25, 0.3) is 0 Å². The zero-order valence-electron chi connectivity index (χ0n) is 10.5. The molecule has 1 aromatic rings. The third-order valence-electron chi connectivity index (χ3n) is 3.43. The minimum absolute atomic E-state index is 0. The van der Waals surface area contributed by atoms with Crippen LogP contribution in [-0.4, -0.2) is 11.4 Å². The molecule has 3 rings (SSSR count). The smallest absolute Gasteiger partial charge is 0.0470 e. The highest BCUT2D eigenvalue weighted by atomic mass is 15.1. The number of allylic oxidation sites excluding steroid dienone is 3. The normalized spacial score (nSPS) is 17.6. The predicted octanol–water partition coefficient (Wildman–Crippen LogP) is 3.69. The zero-order chi connectivity index (χ0) is 12.4. The first-order chi connectivity index (χ1) is 8.81. The lowest BCUT2D eigenvalue weighted by atomic mass is 10.0. The van der Waals surface area contributed by atoms with Crippen LogP contribution in [0, 0.1) is 0 Å². The highest BCUT2D eigenvalue weighted by Gasteiger charge is 2.09. The summed E-state index contributed by atoms with van der Waals surface area (Å²) in [7, 11) is 0. The number of nitrogens with zero attached hydrogens (tertiary/aromatic N) is 1. The molecule has 0 unspecified atom stereocenters. The fourth-order valence-corrected chi connectivity index (χ4v) is 2.43. The van der Waals surface area contributed by atoms with Crippen molar-refractivity contribution in [2.75, 3.05) is 11.9 Å². The van der Waals surface area contributed by atoms with E-state index in [2.05, 4.69) is 47.4 Å². The van der Waals surface area contributed by atoms with Crippen LogP contribution in [0.2, 0.25) is 0 Å². The molecule has 0 saturated heterocycles. The maximum absolute atomic E-state index is 3.90. The minimum Gasteiger partial charge on any atom is -0.385 e. The Balaban J connectivity index is 0.00000133. The molecule has 0 saturated carbocycles. The molecule has 2 heterocycles. The molecule has 18 heavy (non-hydrogen) atoms. The van der Waals surface area contributed by atoms with Crippen molar-refractivity contribution < 1.29 is 1.43 Å². The Bertz CT molecular complexity index is 516. The molecule has 1 N–H and O–H groups in total. The maximum atomic E-state index is 3.90. The van der Waals surface area contributed by atoms with Gasteiger partial charge >= 0.3 is 0 Å². The summed E-state index contributed by atoms with van der Waals surface area (Å²) in [4.78, 5) is 2.19. The van der Waals surface area contributed by atoms with Crippen LogP contribution in [0.4, 0.5) is 5.69 Å². The Morgan fingerprint density at radius 3 is 2.94 bits per heavy atom. The first-order valence-corrected chi connectivity index (χ1v) is 6.48. The average Bonchev–Trinajstić information content (AvgIpc) is 2.41. The highest BCUT2D eigenvalue weighted by Crippen LogP contribution is 2.24. The third kappa shape index (κ3) is 2.33. The van der Waals surface area contributed by atoms with Gasteiger partial charge in [-0.15, -0.1) is 0 Å². The summed E-state index contributed by atoms with van der Waals surface area (Å²) in [6.45, 7) is 5.93. The van der Waals surface area contributed by atoms with E-state index in [4.69, 9.17) is 0 Å². The Labute approximate surface area is 110 Å². The second kappa shape index (κ2) is 4.73. The van der Waals surface area contributed by atoms with Crippen LogP contribution in [0.15, 0.2) is 54.9 Å². The van der Waals surface area contributed by atoms with E-state index in [0.29, 0.717) is 0 Å². The lowest BCUT2D eigenvalue weighted by Gasteiger charge is -2.22. The van der Waals surface area contributed by atoms with E-state index >= 15 is 0 Å². The molecule has 0 atom stereocenters. The number of hydrogen-bond donors (Lipinski definition) is 1. The number of aryl methyl sites for hydroxylation is 1. The van der Waals surface area contributed by atoms with Crippen molar-refractivity contribution in [3.8, 4) is 0 Å². The lowest BCUT2D eigenvalue weighted by molar-refractivity contribution is 0.497. The van der Waals surface area contributed by atoms with Crippen LogP contribution in [-0.2, 0) is 13.0 Å². The van der Waals surface area contributed by atoms with E-state index in [1.54, 1.807) is 0 Å². The minimum atomic E-state index is 0. The molecule has 2 nitrogen and oxygen atoms in total. The van der Waals surface area contributed by atoms with Crippen molar-refractivity contribution >= 4 is 5.69 Å². The van der Waals surface area contributed by atoms with E-state index in [-0.39, 0.29) is 1.43 Å². The maximum Gasteiger partial charge on any atom is 0.0470 e. The first kappa shape index (κ1) is 11.1. The molecular formula is C16H20N2. The van der Waals surface area contributed by atoms with Gasteiger partial charge in [-0.3, -0.25) is 0 Å². The molecule has 0 radical (unpaired) electrons. The second-order valence-corrected chi connectivity index (χ2v) is 4.90. The Morgan fingerprint density at radius 1 is 1.28 bits per heavy atom. The fraction of sp³-hybridized carbons (Fsp3) is 0.250. The Morgan fingerprint density at radius 2 is 2.11 bits per heavy atom. The largest absolute Gasteiger partial charge is 0.385 e. The van der Waals surface area contributed by atoms with Gasteiger partial charge in [0.15, 0.2) is 0 Å². The topological polar surface area (TPSA) is 15.3 Å². The zero-order valence-corrected chi connectivity index (χ0v) is 10.5. The molecular weight excluding hydrogens is 220 g/mol. The summed E-state index contributed by atoms with van der Waals surface area (Å²) >= 11 is 0. The molecule has 1 aromatic carbocycles. The molecule has 0 aliphatic carbocycles. The number of hydrogen-bond acceptors (Lipinski definition) is 2. The molecule has 0 aromatic heterocycles. The first-order valence-electron chi connectivity index (χ1n) is 6.48. The summed E-state index contributed by atoms with van der Waals surface area (Å²) < 4.78 is 0. The van der Waals surface area contributed by atoms with Crippen molar-refractivity contribution in [2.24, 2.45) is 0 Å². The molecule has 2 aliphatic heterocycles. The summed E-state index contributed by atoms with van der Waals surface area (Å²) in [6.07, 6.45) is 10.7. The van der Waals surface area contributed by atoms with E-state index in [9.17, 15) is 0 Å². The molecule has 2 aliphatic rings. The number of nitrogens with one attached hydrogen (secondary N) is 1. The number of fused-ring (bicyclic) bond motifs is 1. The molecule has 0 spiro atoms. The summed E-state index contributed by atoms with van der Waals surface area (Å²) in [5.41, 5.74) is 5.18. The second-order valence-electron chi connectivity index (χ2n) is 4.90. The number of anilines is 1. The number of rotatable bonds is 2. The Hall–Kier alpha value is -1.96. The Kier molecular flexibility index (Phi) is 2.93. The van der Waals surface area contributed by atoms with Crippen molar-refractivity contribution in [1.29, 1.82) is 0 Å². The lowest BCUT2D eigenvalue weighted by Crippen LogP contribution is -2.14. The van der Waals surface area contributed by atoms with Gasteiger partial charge in [0.25, 0.3) is 0 Å². The fourth-order valence-electron chi connectivity index (χ4n) is 2.43. The van der Waals surface area contributed by atoms with Crippen LogP contribution in [0.5, 0.6) is 0 Å². The molecule has 0 bridgehead atoms. The average molecular weight is 240 g/mol. The van der Waals surface area contributed by atoms with E-state index in [0.717, 1.165) is 18.7 Å². The van der Waals surface area contributed by atoms with Crippen molar-refractivity contribution in [1.82, 2.24) is 4.90 Å². The van der Waals surface area contributed by atoms with Crippen molar-refractivity contribution in [3.63, 3.8) is 0 Å².